The van der Waals surface area contributed by atoms with Crippen LogP contribution < -0.4 is 5.73 Å². The monoisotopic (exact) mass is 185 g/mol. The molecular weight excluding hydrogens is 170 g/mol. The minimum absolute atomic E-state index is 0. The topological polar surface area (TPSA) is 83.5 Å². The van der Waals surface area contributed by atoms with E-state index >= 15 is 0 Å². The molecule has 0 rings (SSSR count). The van der Waals surface area contributed by atoms with Crippen LogP contribution in [0, 0.1) is 0 Å². The van der Waals surface area contributed by atoms with Gasteiger partial charge in [0.05, 0.1) is 0 Å². The van der Waals surface area contributed by atoms with Gasteiger partial charge in [-0.1, -0.05) is 0 Å². The number of halogens is 1. The van der Waals surface area contributed by atoms with Gasteiger partial charge >= 0.3 is 5.97 Å². The van der Waals surface area contributed by atoms with Crippen LogP contribution >= 0.6 is 12.4 Å². The lowest BCUT2D eigenvalue weighted by Crippen LogP contribution is -2.25. The second-order valence-corrected chi connectivity index (χ2v) is 2.22. The molecule has 4 nitrogen and oxygen atoms in total. The Hall–Kier alpha value is -0.320. The van der Waals surface area contributed by atoms with Crippen molar-refractivity contribution in [3.63, 3.8) is 0 Å². The number of aliphatic hydroxyl groups is 1. The second kappa shape index (κ2) is 9.68. The van der Waals surface area contributed by atoms with Gasteiger partial charge in [0.15, 0.2) is 0 Å². The quantitative estimate of drug-likeness (QED) is 0.546. The second-order valence-electron chi connectivity index (χ2n) is 2.22. The maximum absolute atomic E-state index is 9.57. The third kappa shape index (κ3) is 42.2. The van der Waals surface area contributed by atoms with Crippen molar-refractivity contribution in [3.05, 3.63) is 0 Å². The zero-order valence-corrected chi connectivity index (χ0v) is 7.76. The van der Waals surface area contributed by atoms with Gasteiger partial charge in [0.2, 0.25) is 0 Å². The van der Waals surface area contributed by atoms with Crippen molar-refractivity contribution in [2.24, 2.45) is 5.73 Å². The number of rotatable bonds is 1. The molecule has 0 aliphatic heterocycles. The smallest absolute Gasteiger partial charge is 0.320 e. The maximum atomic E-state index is 9.57. The third-order valence-corrected chi connectivity index (χ3v) is 0.390. The van der Waals surface area contributed by atoms with Crippen LogP contribution in [0.25, 0.3) is 0 Å². The molecule has 0 fully saturated rings. The molecule has 70 valence electrons. The molecule has 0 saturated heterocycles. The van der Waals surface area contributed by atoms with Crippen LogP contribution in [-0.4, -0.2) is 28.3 Å². The Morgan fingerprint density at radius 3 is 1.45 bits per heavy atom. The summed E-state index contributed by atoms with van der Waals surface area (Å²) < 4.78 is 0. The molecule has 4 N–H and O–H groups in total. The Balaban J connectivity index is -0.000000114. The van der Waals surface area contributed by atoms with E-state index in [2.05, 4.69) is 0 Å². The number of carboxylic acid groups (broad SMARTS) is 1. The SMILES string of the molecule is CC(C)O.CC(N)C(=O)O.Cl. The van der Waals surface area contributed by atoms with Gasteiger partial charge in [0.25, 0.3) is 0 Å². The van der Waals surface area contributed by atoms with Crippen LogP contribution in [0.3, 0.4) is 0 Å². The van der Waals surface area contributed by atoms with Gasteiger partial charge < -0.3 is 15.9 Å². The van der Waals surface area contributed by atoms with Crippen molar-refractivity contribution >= 4 is 18.4 Å². The molecule has 0 aromatic heterocycles. The lowest BCUT2D eigenvalue weighted by molar-refractivity contribution is -0.138. The molecule has 0 aromatic carbocycles. The number of hydrogen-bond acceptors (Lipinski definition) is 3. The molecule has 0 radical (unpaired) electrons. The molecule has 0 aromatic rings. The van der Waals surface area contributed by atoms with Crippen LogP contribution in [0.4, 0.5) is 0 Å². The van der Waals surface area contributed by atoms with Crippen LogP contribution in [0.1, 0.15) is 20.8 Å². The first-order chi connectivity index (χ1) is 4.37. The molecule has 0 bridgehead atoms. The number of carboxylic acids is 1. The van der Waals surface area contributed by atoms with Crippen LogP contribution in [0.2, 0.25) is 0 Å². The Labute approximate surface area is 72.8 Å². The first kappa shape index (κ1) is 17.0. The predicted molar refractivity (Wildman–Crippen MR) is 45.9 cm³/mol. The molecule has 0 aliphatic rings. The van der Waals surface area contributed by atoms with E-state index in [0.717, 1.165) is 0 Å². The van der Waals surface area contributed by atoms with E-state index in [-0.39, 0.29) is 18.5 Å². The van der Waals surface area contributed by atoms with Crippen molar-refractivity contribution in [3.8, 4) is 0 Å². The van der Waals surface area contributed by atoms with Gasteiger partial charge in [0, 0.05) is 6.10 Å². The molecular formula is C6H16ClNO3. The zero-order chi connectivity index (χ0) is 8.73. The minimum Gasteiger partial charge on any atom is -0.480 e. The van der Waals surface area contributed by atoms with Crippen molar-refractivity contribution < 1.29 is 15.0 Å². The summed E-state index contributed by atoms with van der Waals surface area (Å²) in [5.74, 6) is -0.963. The Morgan fingerprint density at radius 1 is 1.36 bits per heavy atom. The molecule has 1 unspecified atom stereocenters. The van der Waals surface area contributed by atoms with Gasteiger partial charge in [-0.25, -0.2) is 0 Å². The highest BCUT2D eigenvalue weighted by Crippen LogP contribution is 1.68. The lowest BCUT2D eigenvalue weighted by Gasteiger charge is -1.90. The fourth-order valence-corrected chi connectivity index (χ4v) is 0. The lowest BCUT2D eigenvalue weighted by atomic mass is 10.4. The predicted octanol–water partition coefficient (Wildman–Crippen LogP) is 0.227. The Morgan fingerprint density at radius 2 is 1.45 bits per heavy atom. The van der Waals surface area contributed by atoms with Gasteiger partial charge in [0.1, 0.15) is 6.04 Å². The minimum atomic E-state index is -0.963. The molecule has 0 aliphatic carbocycles. The molecule has 0 heterocycles. The van der Waals surface area contributed by atoms with E-state index in [0.29, 0.717) is 0 Å². The van der Waals surface area contributed by atoms with Crippen LogP contribution in [-0.2, 0) is 4.79 Å². The fraction of sp³-hybridized carbons (Fsp3) is 0.833. The Kier molecular flexibility index (Phi) is 14.9. The summed E-state index contributed by atoms with van der Waals surface area (Å²) in [4.78, 5) is 9.57. The summed E-state index contributed by atoms with van der Waals surface area (Å²) in [7, 11) is 0. The molecule has 0 spiro atoms. The van der Waals surface area contributed by atoms with E-state index in [1.165, 1.54) is 6.92 Å². The van der Waals surface area contributed by atoms with E-state index in [4.69, 9.17) is 15.9 Å². The summed E-state index contributed by atoms with van der Waals surface area (Å²) >= 11 is 0. The van der Waals surface area contributed by atoms with Crippen molar-refractivity contribution in [2.45, 2.75) is 32.9 Å². The highest BCUT2D eigenvalue weighted by Gasteiger charge is 1.99. The summed E-state index contributed by atoms with van der Waals surface area (Å²) in [5, 5.41) is 15.9. The number of aliphatic hydroxyl groups excluding tert-OH is 1. The Bertz CT molecular complexity index is 93.1. The van der Waals surface area contributed by atoms with Crippen LogP contribution in [0.15, 0.2) is 0 Å². The molecule has 0 saturated carbocycles. The van der Waals surface area contributed by atoms with Crippen molar-refractivity contribution in [1.29, 1.82) is 0 Å². The summed E-state index contributed by atoms with van der Waals surface area (Å²) in [6, 6.07) is -0.731. The number of nitrogens with two attached hydrogens (primary N) is 1. The van der Waals surface area contributed by atoms with Crippen LogP contribution in [0.5, 0.6) is 0 Å². The van der Waals surface area contributed by atoms with Gasteiger partial charge in [-0.3, -0.25) is 4.79 Å². The number of hydrogen-bond donors (Lipinski definition) is 3. The highest BCUT2D eigenvalue weighted by atomic mass is 35.5. The third-order valence-electron chi connectivity index (χ3n) is 0.390. The molecule has 0 amide bonds. The normalized spacial score (nSPS) is 10.7. The van der Waals surface area contributed by atoms with E-state index in [1.54, 1.807) is 13.8 Å². The van der Waals surface area contributed by atoms with Gasteiger partial charge in [-0.2, -0.15) is 0 Å². The molecule has 1 atom stereocenters. The van der Waals surface area contributed by atoms with Crippen molar-refractivity contribution in [2.75, 3.05) is 0 Å². The summed E-state index contributed by atoms with van der Waals surface area (Å²) in [6.07, 6.45) is -0.167. The number of aliphatic carboxylic acids is 1. The highest BCUT2D eigenvalue weighted by molar-refractivity contribution is 5.85. The first-order valence-electron chi connectivity index (χ1n) is 3.04. The van der Waals surface area contributed by atoms with E-state index in [1.807, 2.05) is 0 Å². The van der Waals surface area contributed by atoms with Gasteiger partial charge in [-0.15, -0.1) is 12.4 Å². The molecule has 11 heavy (non-hydrogen) atoms. The average molecular weight is 186 g/mol. The van der Waals surface area contributed by atoms with Gasteiger partial charge in [-0.05, 0) is 20.8 Å². The summed E-state index contributed by atoms with van der Waals surface area (Å²) in [5.41, 5.74) is 4.84. The standard InChI is InChI=1S/C3H7NO2.C3H8O.ClH/c1-2(4)3(5)6;1-3(2)4;/h2H,4H2,1H3,(H,5,6);3-4H,1-2H3;1H. The summed E-state index contributed by atoms with van der Waals surface area (Å²) in [6.45, 7) is 4.86. The maximum Gasteiger partial charge on any atom is 0.320 e. The van der Waals surface area contributed by atoms with Crippen molar-refractivity contribution in [1.82, 2.24) is 0 Å². The average Bonchev–Trinajstić information content (AvgIpc) is 1.63. The first-order valence-corrected chi connectivity index (χ1v) is 3.04. The largest absolute Gasteiger partial charge is 0.480 e. The fourth-order valence-electron chi connectivity index (χ4n) is 0. The number of carbonyl (C=O) groups is 1. The zero-order valence-electron chi connectivity index (χ0n) is 6.94. The molecule has 5 heteroatoms. The van der Waals surface area contributed by atoms with E-state index < -0.39 is 12.0 Å². The van der Waals surface area contributed by atoms with E-state index in [9.17, 15) is 4.79 Å².